The number of halogens is 1. The lowest BCUT2D eigenvalue weighted by Gasteiger charge is -2.27. The summed E-state index contributed by atoms with van der Waals surface area (Å²) in [6.07, 6.45) is 0.794. The van der Waals surface area contributed by atoms with Gasteiger partial charge in [-0.1, -0.05) is 23.7 Å². The van der Waals surface area contributed by atoms with Gasteiger partial charge in [0, 0.05) is 24.2 Å². The van der Waals surface area contributed by atoms with E-state index in [1.54, 1.807) is 0 Å². The van der Waals surface area contributed by atoms with Crippen molar-refractivity contribution in [2.24, 2.45) is 11.7 Å². The summed E-state index contributed by atoms with van der Waals surface area (Å²) in [4.78, 5) is 2.35. The molecule has 0 bridgehead atoms. The van der Waals surface area contributed by atoms with E-state index >= 15 is 0 Å². The second-order valence-corrected chi connectivity index (χ2v) is 5.53. The normalized spacial score (nSPS) is 24.1. The molecule has 1 aromatic carbocycles. The van der Waals surface area contributed by atoms with Crippen molar-refractivity contribution in [3.05, 3.63) is 34.9 Å². The van der Waals surface area contributed by atoms with Gasteiger partial charge in [0.25, 0.3) is 0 Å². The molecule has 2 rings (SSSR count). The van der Waals surface area contributed by atoms with Crippen molar-refractivity contribution in [1.82, 2.24) is 4.90 Å². The first-order valence-corrected chi connectivity index (χ1v) is 6.87. The molecule has 0 saturated carbocycles. The minimum atomic E-state index is -0.243. The van der Waals surface area contributed by atoms with Gasteiger partial charge in [0.05, 0.1) is 6.10 Å². The first-order valence-electron chi connectivity index (χ1n) is 6.49. The highest BCUT2D eigenvalue weighted by atomic mass is 35.5. The van der Waals surface area contributed by atoms with Crippen molar-refractivity contribution in [1.29, 1.82) is 0 Å². The maximum absolute atomic E-state index is 9.66. The van der Waals surface area contributed by atoms with Crippen LogP contribution in [0.25, 0.3) is 0 Å². The Morgan fingerprint density at radius 2 is 2.33 bits per heavy atom. The van der Waals surface area contributed by atoms with Crippen LogP contribution in [-0.2, 0) is 0 Å². The summed E-state index contributed by atoms with van der Waals surface area (Å²) in [6.45, 7) is 4.34. The standard InChI is InChI=1S/C14H21ClN2O/c1-10(18)12-5-6-17(9-12)14(8-16)11-3-2-4-13(15)7-11/h2-4,7,10,12,14,18H,5-6,8-9,16H2,1H3. The highest BCUT2D eigenvalue weighted by molar-refractivity contribution is 6.30. The third kappa shape index (κ3) is 3.04. The van der Waals surface area contributed by atoms with E-state index in [2.05, 4.69) is 11.0 Å². The quantitative estimate of drug-likeness (QED) is 0.879. The van der Waals surface area contributed by atoms with E-state index in [1.165, 1.54) is 0 Å². The molecule has 0 amide bonds. The molecule has 4 heteroatoms. The summed E-state index contributed by atoms with van der Waals surface area (Å²) in [5, 5.41) is 10.4. The van der Waals surface area contributed by atoms with E-state index in [4.69, 9.17) is 17.3 Å². The van der Waals surface area contributed by atoms with Crippen LogP contribution in [0.2, 0.25) is 5.02 Å². The molecule has 1 saturated heterocycles. The molecule has 18 heavy (non-hydrogen) atoms. The highest BCUT2D eigenvalue weighted by Gasteiger charge is 2.30. The average Bonchev–Trinajstić information content (AvgIpc) is 2.80. The zero-order valence-corrected chi connectivity index (χ0v) is 11.5. The summed E-state index contributed by atoms with van der Waals surface area (Å²) >= 11 is 6.03. The topological polar surface area (TPSA) is 49.5 Å². The summed E-state index contributed by atoms with van der Waals surface area (Å²) in [7, 11) is 0. The second-order valence-electron chi connectivity index (χ2n) is 5.09. The molecule has 0 aromatic heterocycles. The summed E-state index contributed by atoms with van der Waals surface area (Å²) in [5.74, 6) is 0.359. The number of rotatable bonds is 4. The predicted octanol–water partition coefficient (Wildman–Crippen LogP) is 2.04. The van der Waals surface area contributed by atoms with E-state index in [-0.39, 0.29) is 12.1 Å². The van der Waals surface area contributed by atoms with Gasteiger partial charge in [-0.2, -0.15) is 0 Å². The maximum Gasteiger partial charge on any atom is 0.0552 e. The van der Waals surface area contributed by atoms with Gasteiger partial charge in [0.15, 0.2) is 0 Å². The number of nitrogens with two attached hydrogens (primary N) is 1. The van der Waals surface area contributed by atoms with Crippen LogP contribution in [0, 0.1) is 5.92 Å². The fourth-order valence-corrected chi connectivity index (χ4v) is 2.90. The summed E-state index contributed by atoms with van der Waals surface area (Å²) < 4.78 is 0. The minimum absolute atomic E-state index is 0.201. The largest absolute Gasteiger partial charge is 0.393 e. The van der Waals surface area contributed by atoms with Crippen LogP contribution in [0.3, 0.4) is 0 Å². The molecule has 3 unspecified atom stereocenters. The summed E-state index contributed by atoms with van der Waals surface area (Å²) in [5.41, 5.74) is 7.07. The van der Waals surface area contributed by atoms with E-state index in [1.807, 2.05) is 25.1 Å². The summed E-state index contributed by atoms with van der Waals surface area (Å²) in [6, 6.07) is 8.09. The van der Waals surface area contributed by atoms with Crippen LogP contribution in [0.15, 0.2) is 24.3 Å². The van der Waals surface area contributed by atoms with Gasteiger partial charge in [0.2, 0.25) is 0 Å². The van der Waals surface area contributed by atoms with Crippen molar-refractivity contribution in [2.75, 3.05) is 19.6 Å². The van der Waals surface area contributed by atoms with Gasteiger partial charge < -0.3 is 10.8 Å². The van der Waals surface area contributed by atoms with Crippen molar-refractivity contribution >= 4 is 11.6 Å². The van der Waals surface area contributed by atoms with Gasteiger partial charge >= 0.3 is 0 Å². The van der Waals surface area contributed by atoms with E-state index in [0.717, 1.165) is 30.1 Å². The monoisotopic (exact) mass is 268 g/mol. The van der Waals surface area contributed by atoms with Crippen LogP contribution in [0.5, 0.6) is 0 Å². The number of benzene rings is 1. The molecule has 0 spiro atoms. The van der Waals surface area contributed by atoms with Gasteiger partial charge in [-0.05, 0) is 43.5 Å². The van der Waals surface area contributed by atoms with E-state index in [0.29, 0.717) is 12.5 Å². The fourth-order valence-electron chi connectivity index (χ4n) is 2.70. The lowest BCUT2D eigenvalue weighted by Crippen LogP contribution is -2.33. The van der Waals surface area contributed by atoms with Crippen LogP contribution in [0.1, 0.15) is 24.9 Å². The second kappa shape index (κ2) is 6.02. The Morgan fingerprint density at radius 3 is 2.89 bits per heavy atom. The SMILES string of the molecule is CC(O)C1CCN(C(CN)c2cccc(Cl)c2)C1. The first kappa shape index (κ1) is 13.8. The maximum atomic E-state index is 9.66. The van der Waals surface area contributed by atoms with Crippen molar-refractivity contribution in [2.45, 2.75) is 25.5 Å². The molecule has 3 atom stereocenters. The number of aliphatic hydroxyl groups excluding tert-OH is 1. The van der Waals surface area contributed by atoms with Gasteiger partial charge in [-0.15, -0.1) is 0 Å². The number of hydrogen-bond acceptors (Lipinski definition) is 3. The predicted molar refractivity (Wildman–Crippen MR) is 74.6 cm³/mol. The van der Waals surface area contributed by atoms with Crippen LogP contribution < -0.4 is 5.73 Å². The minimum Gasteiger partial charge on any atom is -0.393 e. The lowest BCUT2D eigenvalue weighted by atomic mass is 10.0. The molecular weight excluding hydrogens is 248 g/mol. The number of aliphatic hydroxyl groups is 1. The Labute approximate surface area is 114 Å². The zero-order valence-electron chi connectivity index (χ0n) is 10.7. The molecule has 1 aliphatic rings. The third-order valence-corrected chi connectivity index (χ3v) is 4.07. The Bertz CT molecular complexity index is 397. The van der Waals surface area contributed by atoms with Gasteiger partial charge in [-0.25, -0.2) is 0 Å². The molecule has 1 aromatic rings. The Balaban J connectivity index is 2.10. The molecule has 0 aliphatic carbocycles. The third-order valence-electron chi connectivity index (χ3n) is 3.84. The first-order chi connectivity index (χ1) is 8.61. The number of nitrogens with zero attached hydrogens (tertiary/aromatic N) is 1. The van der Waals surface area contributed by atoms with Gasteiger partial charge in [0.1, 0.15) is 0 Å². The Kier molecular flexibility index (Phi) is 4.62. The van der Waals surface area contributed by atoms with Crippen LogP contribution in [-0.4, -0.2) is 35.7 Å². The van der Waals surface area contributed by atoms with Crippen molar-refractivity contribution in [3.8, 4) is 0 Å². The Hall–Kier alpha value is -0.610. The molecule has 3 N–H and O–H groups in total. The Morgan fingerprint density at radius 1 is 1.56 bits per heavy atom. The highest BCUT2D eigenvalue weighted by Crippen LogP contribution is 2.29. The van der Waals surface area contributed by atoms with Gasteiger partial charge in [-0.3, -0.25) is 4.90 Å². The van der Waals surface area contributed by atoms with E-state index < -0.39 is 0 Å². The smallest absolute Gasteiger partial charge is 0.0552 e. The van der Waals surface area contributed by atoms with Crippen molar-refractivity contribution < 1.29 is 5.11 Å². The number of likely N-dealkylation sites (tertiary alicyclic amines) is 1. The van der Waals surface area contributed by atoms with Crippen molar-refractivity contribution in [3.63, 3.8) is 0 Å². The van der Waals surface area contributed by atoms with E-state index in [9.17, 15) is 5.11 Å². The molecule has 3 nitrogen and oxygen atoms in total. The average molecular weight is 269 g/mol. The molecule has 1 aliphatic heterocycles. The van der Waals surface area contributed by atoms with Crippen LogP contribution in [0.4, 0.5) is 0 Å². The van der Waals surface area contributed by atoms with Crippen LogP contribution >= 0.6 is 11.6 Å². The molecule has 100 valence electrons. The fraction of sp³-hybridized carbons (Fsp3) is 0.571. The molecular formula is C14H21ClN2O. The zero-order chi connectivity index (χ0) is 13.1. The molecule has 0 radical (unpaired) electrons. The molecule has 1 fully saturated rings. The number of hydrogen-bond donors (Lipinski definition) is 2. The molecule has 1 heterocycles. The lowest BCUT2D eigenvalue weighted by molar-refractivity contribution is 0.122.